The molecular weight excluding hydrogens is 272 g/mol. The first-order valence-corrected chi connectivity index (χ1v) is 8.04. The third-order valence-corrected chi connectivity index (χ3v) is 5.65. The van der Waals surface area contributed by atoms with Gasteiger partial charge in [0, 0.05) is 20.2 Å². The highest BCUT2D eigenvalue weighted by atomic mass is 32.1. The molecule has 3 aromatic carbocycles. The molecule has 0 radical (unpaired) electrons. The van der Waals surface area contributed by atoms with E-state index < -0.39 is 0 Å². The van der Waals surface area contributed by atoms with E-state index in [0.29, 0.717) is 0 Å². The minimum absolute atomic E-state index is 1.30. The maximum atomic E-state index is 2.27. The summed E-state index contributed by atoms with van der Waals surface area (Å²) in [7, 11) is 0. The first-order valence-electron chi connectivity index (χ1n) is 7.22. The van der Waals surface area contributed by atoms with Crippen LogP contribution in [0.3, 0.4) is 0 Å². The second-order valence-corrected chi connectivity index (χ2v) is 6.56. The van der Waals surface area contributed by atoms with Gasteiger partial charge in [-0.3, -0.25) is 0 Å². The summed E-state index contributed by atoms with van der Waals surface area (Å²) >= 11 is 1.92. The zero-order chi connectivity index (χ0) is 14.4. The van der Waals surface area contributed by atoms with Crippen LogP contribution in [0.2, 0.25) is 0 Å². The van der Waals surface area contributed by atoms with Crippen molar-refractivity contribution in [1.29, 1.82) is 0 Å². The van der Waals surface area contributed by atoms with Gasteiger partial charge in [-0.15, -0.1) is 11.3 Å². The van der Waals surface area contributed by atoms with E-state index in [4.69, 9.17) is 0 Å². The Balaban J connectivity index is 2.13. The highest BCUT2D eigenvalue weighted by Crippen LogP contribution is 2.41. The van der Waals surface area contributed by atoms with E-state index in [1.165, 1.54) is 42.4 Å². The lowest BCUT2D eigenvalue weighted by Crippen LogP contribution is -1.79. The Hall–Kier alpha value is -2.12. The quantitative estimate of drug-likeness (QED) is 0.383. The monoisotopic (exact) mass is 288 g/mol. The zero-order valence-electron chi connectivity index (χ0n) is 12.2. The van der Waals surface area contributed by atoms with Gasteiger partial charge in [0.2, 0.25) is 0 Å². The number of benzene rings is 3. The van der Waals surface area contributed by atoms with E-state index in [2.05, 4.69) is 74.5 Å². The number of thiophene rings is 1. The summed E-state index contributed by atoms with van der Waals surface area (Å²) in [5.41, 5.74) is 5.42. The highest BCUT2D eigenvalue weighted by molar-refractivity contribution is 7.26. The molecule has 1 aromatic heterocycles. The summed E-state index contributed by atoms with van der Waals surface area (Å²) in [4.78, 5) is 0. The largest absolute Gasteiger partial charge is 0.134 e. The Morgan fingerprint density at radius 2 is 1.43 bits per heavy atom. The molecule has 1 heteroatoms. The van der Waals surface area contributed by atoms with Crippen molar-refractivity contribution >= 4 is 31.5 Å². The third kappa shape index (κ3) is 1.89. The minimum atomic E-state index is 1.30. The Bertz CT molecular complexity index is 946. The molecule has 0 nitrogen and oxygen atoms in total. The van der Waals surface area contributed by atoms with Gasteiger partial charge < -0.3 is 0 Å². The summed E-state index contributed by atoms with van der Waals surface area (Å²) in [5.74, 6) is 0. The lowest BCUT2D eigenvalue weighted by Gasteiger charge is -2.02. The lowest BCUT2D eigenvalue weighted by atomic mass is 10.0. The molecule has 4 rings (SSSR count). The molecule has 21 heavy (non-hydrogen) atoms. The van der Waals surface area contributed by atoms with Gasteiger partial charge >= 0.3 is 0 Å². The summed E-state index contributed by atoms with van der Waals surface area (Å²) in [6.07, 6.45) is 0. The van der Waals surface area contributed by atoms with Gasteiger partial charge in [0.15, 0.2) is 0 Å². The first kappa shape index (κ1) is 12.6. The molecule has 0 spiro atoms. The molecule has 0 unspecified atom stereocenters. The normalized spacial score (nSPS) is 11.3. The van der Waals surface area contributed by atoms with Crippen LogP contribution in [0, 0.1) is 13.8 Å². The molecule has 0 atom stereocenters. The molecule has 0 fully saturated rings. The average molecular weight is 288 g/mol. The van der Waals surface area contributed by atoms with Crippen molar-refractivity contribution < 1.29 is 0 Å². The Kier molecular flexibility index (Phi) is 2.83. The van der Waals surface area contributed by atoms with Crippen molar-refractivity contribution in [2.75, 3.05) is 0 Å². The van der Waals surface area contributed by atoms with Crippen LogP contribution in [0.15, 0.2) is 60.7 Å². The van der Waals surface area contributed by atoms with Crippen LogP contribution >= 0.6 is 11.3 Å². The first-order chi connectivity index (χ1) is 10.3. The van der Waals surface area contributed by atoms with Gasteiger partial charge in [-0.05, 0) is 36.1 Å². The van der Waals surface area contributed by atoms with E-state index in [0.717, 1.165) is 0 Å². The van der Waals surface area contributed by atoms with Crippen LogP contribution in [-0.2, 0) is 0 Å². The Labute approximate surface area is 128 Å². The second kappa shape index (κ2) is 4.71. The van der Waals surface area contributed by atoms with E-state index in [1.54, 1.807) is 0 Å². The van der Waals surface area contributed by atoms with Gasteiger partial charge in [-0.1, -0.05) is 60.7 Å². The van der Waals surface area contributed by atoms with E-state index in [1.807, 2.05) is 11.3 Å². The fourth-order valence-electron chi connectivity index (χ4n) is 2.94. The van der Waals surface area contributed by atoms with Crippen molar-refractivity contribution in [1.82, 2.24) is 0 Å². The van der Waals surface area contributed by atoms with Crippen LogP contribution in [-0.4, -0.2) is 0 Å². The zero-order valence-corrected chi connectivity index (χ0v) is 13.0. The van der Waals surface area contributed by atoms with Gasteiger partial charge in [0.05, 0.1) is 0 Å². The number of aryl methyl sites for hydroxylation is 2. The number of rotatable bonds is 1. The van der Waals surface area contributed by atoms with Crippen LogP contribution < -0.4 is 0 Å². The fraction of sp³-hybridized carbons (Fsp3) is 0.100. The molecule has 0 aliphatic carbocycles. The van der Waals surface area contributed by atoms with Crippen LogP contribution in [0.25, 0.3) is 31.3 Å². The maximum absolute atomic E-state index is 2.27. The molecule has 102 valence electrons. The molecule has 0 saturated heterocycles. The second-order valence-electron chi connectivity index (χ2n) is 5.53. The Morgan fingerprint density at radius 1 is 0.667 bits per heavy atom. The van der Waals surface area contributed by atoms with E-state index in [9.17, 15) is 0 Å². The van der Waals surface area contributed by atoms with Gasteiger partial charge in [-0.25, -0.2) is 0 Å². The van der Waals surface area contributed by atoms with Crippen molar-refractivity contribution in [3.05, 3.63) is 71.8 Å². The SMILES string of the molecule is Cc1ccc2c(sc3c(-c4ccccc4)cccc32)c1C. The molecule has 0 saturated carbocycles. The molecule has 4 aromatic rings. The molecule has 1 heterocycles. The molecule has 0 N–H and O–H groups in total. The number of fused-ring (bicyclic) bond motifs is 3. The molecule has 0 aliphatic rings. The van der Waals surface area contributed by atoms with Gasteiger partial charge in [-0.2, -0.15) is 0 Å². The van der Waals surface area contributed by atoms with Crippen molar-refractivity contribution in [2.45, 2.75) is 13.8 Å². The molecular formula is C20H16S. The standard InChI is InChI=1S/C20H16S/c1-13-11-12-18-17-10-6-9-16(15-7-4-3-5-8-15)20(17)21-19(18)14(13)2/h3-12H,1-2H3. The summed E-state index contributed by atoms with van der Waals surface area (Å²) in [6, 6.07) is 21.8. The predicted molar refractivity (Wildman–Crippen MR) is 94.2 cm³/mol. The minimum Gasteiger partial charge on any atom is -0.134 e. The van der Waals surface area contributed by atoms with Crippen molar-refractivity contribution in [2.24, 2.45) is 0 Å². The molecule has 0 amide bonds. The van der Waals surface area contributed by atoms with Crippen LogP contribution in [0.5, 0.6) is 0 Å². The summed E-state index contributed by atoms with van der Waals surface area (Å²) in [5, 5.41) is 2.76. The van der Waals surface area contributed by atoms with Crippen molar-refractivity contribution in [3.63, 3.8) is 0 Å². The smallest absolute Gasteiger partial charge is 0.0433 e. The fourth-order valence-corrected chi connectivity index (χ4v) is 4.33. The van der Waals surface area contributed by atoms with Crippen LogP contribution in [0.1, 0.15) is 11.1 Å². The Morgan fingerprint density at radius 3 is 2.24 bits per heavy atom. The van der Waals surface area contributed by atoms with Gasteiger partial charge in [0.1, 0.15) is 0 Å². The highest BCUT2D eigenvalue weighted by Gasteiger charge is 2.12. The third-order valence-electron chi connectivity index (χ3n) is 4.27. The predicted octanol–water partition coefficient (Wildman–Crippen LogP) is 6.34. The molecule has 0 aliphatic heterocycles. The molecule has 0 bridgehead atoms. The van der Waals surface area contributed by atoms with E-state index >= 15 is 0 Å². The van der Waals surface area contributed by atoms with Gasteiger partial charge in [0.25, 0.3) is 0 Å². The number of hydrogen-bond acceptors (Lipinski definition) is 1. The topological polar surface area (TPSA) is 0 Å². The average Bonchev–Trinajstić information content (AvgIpc) is 2.91. The van der Waals surface area contributed by atoms with Crippen LogP contribution in [0.4, 0.5) is 0 Å². The summed E-state index contributed by atoms with van der Waals surface area (Å²) < 4.78 is 2.82. The number of hydrogen-bond donors (Lipinski definition) is 0. The summed E-state index contributed by atoms with van der Waals surface area (Å²) in [6.45, 7) is 4.42. The van der Waals surface area contributed by atoms with Crippen molar-refractivity contribution in [3.8, 4) is 11.1 Å². The lowest BCUT2D eigenvalue weighted by molar-refractivity contribution is 1.39. The van der Waals surface area contributed by atoms with E-state index in [-0.39, 0.29) is 0 Å². The maximum Gasteiger partial charge on any atom is 0.0433 e.